The zero-order valence-electron chi connectivity index (χ0n) is 14.5. The Bertz CT molecular complexity index is 1010. The van der Waals surface area contributed by atoms with Gasteiger partial charge in [0.2, 0.25) is 0 Å². The molecule has 4 rings (SSSR count). The first-order valence-electron chi connectivity index (χ1n) is 8.64. The Morgan fingerprint density at radius 2 is 1.89 bits per heavy atom. The maximum Gasteiger partial charge on any atom is 0.182 e. The highest BCUT2D eigenvalue weighted by atomic mass is 79.9. The number of rotatable bonds is 5. The first kappa shape index (κ1) is 17.9. The molecule has 0 atom stereocenters. The highest BCUT2D eigenvalue weighted by Gasteiger charge is 2.19. The van der Waals surface area contributed by atoms with E-state index in [1.807, 2.05) is 53.6 Å². The number of halogens is 1. The van der Waals surface area contributed by atoms with Crippen LogP contribution in [0.4, 0.5) is 0 Å². The van der Waals surface area contributed by atoms with Gasteiger partial charge in [-0.15, -0.1) is 11.3 Å². The van der Waals surface area contributed by atoms with E-state index in [1.165, 1.54) is 0 Å². The van der Waals surface area contributed by atoms with Gasteiger partial charge >= 0.3 is 0 Å². The van der Waals surface area contributed by atoms with Gasteiger partial charge < -0.3 is 4.90 Å². The van der Waals surface area contributed by atoms with E-state index in [9.17, 15) is 4.79 Å². The second kappa shape index (κ2) is 8.03. The third-order valence-electron chi connectivity index (χ3n) is 4.32. The molecule has 27 heavy (non-hydrogen) atoms. The molecule has 5 heteroatoms. The molecular weight excluding hydrogens is 420 g/mol. The van der Waals surface area contributed by atoms with Crippen molar-refractivity contribution in [2.24, 2.45) is 0 Å². The van der Waals surface area contributed by atoms with Crippen LogP contribution in [0.2, 0.25) is 0 Å². The first-order valence-corrected chi connectivity index (χ1v) is 10.3. The third-order valence-corrected chi connectivity index (χ3v) is 5.71. The molecule has 3 nitrogen and oxygen atoms in total. The summed E-state index contributed by atoms with van der Waals surface area (Å²) in [4.78, 5) is 19.4. The van der Waals surface area contributed by atoms with E-state index in [4.69, 9.17) is 4.98 Å². The van der Waals surface area contributed by atoms with Crippen molar-refractivity contribution in [3.8, 4) is 11.3 Å². The van der Waals surface area contributed by atoms with Gasteiger partial charge in [-0.2, -0.15) is 0 Å². The van der Waals surface area contributed by atoms with Crippen molar-refractivity contribution in [2.75, 3.05) is 6.54 Å². The van der Waals surface area contributed by atoms with Crippen LogP contribution in [0.25, 0.3) is 17.0 Å². The minimum Gasteiger partial charge on any atom is -0.338 e. The van der Waals surface area contributed by atoms with E-state index in [-0.39, 0.29) is 5.78 Å². The molecule has 0 saturated heterocycles. The van der Waals surface area contributed by atoms with E-state index in [0.717, 1.165) is 38.4 Å². The number of Topliss-reactive ketones (excluding diaryl/α,β-unsaturated/α-hetero) is 1. The zero-order valence-corrected chi connectivity index (χ0v) is 16.9. The SMILES string of the molecule is O=C(CN1C=CCC=C1c1nc(-c2ccc(Br)cc2)cs1)c1ccccc1. The molecule has 0 bridgehead atoms. The van der Waals surface area contributed by atoms with Crippen molar-refractivity contribution in [1.29, 1.82) is 0 Å². The van der Waals surface area contributed by atoms with Gasteiger partial charge in [0.1, 0.15) is 5.01 Å². The van der Waals surface area contributed by atoms with Gasteiger partial charge in [-0.05, 0) is 18.6 Å². The van der Waals surface area contributed by atoms with Crippen LogP contribution in [-0.2, 0) is 0 Å². The van der Waals surface area contributed by atoms with E-state index < -0.39 is 0 Å². The Labute approximate surface area is 170 Å². The van der Waals surface area contributed by atoms with Crippen LogP contribution in [0.15, 0.2) is 82.8 Å². The minimum absolute atomic E-state index is 0.0951. The van der Waals surface area contributed by atoms with Crippen molar-refractivity contribution >= 4 is 38.7 Å². The van der Waals surface area contributed by atoms with Crippen LogP contribution in [0, 0.1) is 0 Å². The second-order valence-electron chi connectivity index (χ2n) is 6.17. The van der Waals surface area contributed by atoms with Crippen LogP contribution < -0.4 is 0 Å². The lowest BCUT2D eigenvalue weighted by molar-refractivity contribution is 0.0972. The van der Waals surface area contributed by atoms with Crippen LogP contribution in [0.1, 0.15) is 21.8 Å². The number of carbonyl (C=O) groups excluding carboxylic acids is 1. The number of carbonyl (C=O) groups is 1. The van der Waals surface area contributed by atoms with E-state index >= 15 is 0 Å². The summed E-state index contributed by atoms with van der Waals surface area (Å²) in [5, 5.41) is 2.99. The summed E-state index contributed by atoms with van der Waals surface area (Å²) in [5.41, 5.74) is 3.76. The number of allylic oxidation sites excluding steroid dienone is 2. The molecule has 0 unspecified atom stereocenters. The zero-order chi connectivity index (χ0) is 18.6. The molecule has 1 aromatic heterocycles. The Kier molecular flexibility index (Phi) is 5.32. The number of thiazole rings is 1. The topological polar surface area (TPSA) is 33.2 Å². The largest absolute Gasteiger partial charge is 0.338 e. The number of hydrogen-bond donors (Lipinski definition) is 0. The van der Waals surface area contributed by atoms with Gasteiger partial charge in [0.25, 0.3) is 0 Å². The lowest BCUT2D eigenvalue weighted by Gasteiger charge is -2.24. The van der Waals surface area contributed by atoms with Gasteiger partial charge in [-0.1, -0.05) is 70.5 Å². The predicted octanol–water partition coefficient (Wildman–Crippen LogP) is 6.02. The van der Waals surface area contributed by atoms with Crippen molar-refractivity contribution < 1.29 is 4.79 Å². The summed E-state index contributed by atoms with van der Waals surface area (Å²) < 4.78 is 1.05. The molecule has 134 valence electrons. The standard InChI is InChI=1S/C22H17BrN2OS/c23-18-11-9-16(10-12-18)19-15-27-22(24-19)20-8-4-5-13-25(20)14-21(26)17-6-2-1-3-7-17/h1-3,5-13,15H,4,14H2. The quantitative estimate of drug-likeness (QED) is 0.458. The van der Waals surface area contributed by atoms with E-state index in [0.29, 0.717) is 6.54 Å². The third kappa shape index (κ3) is 4.10. The maximum atomic E-state index is 12.6. The Balaban J connectivity index is 1.56. The molecule has 3 aromatic rings. The fourth-order valence-electron chi connectivity index (χ4n) is 2.93. The summed E-state index contributed by atoms with van der Waals surface area (Å²) in [6.45, 7) is 0.305. The number of hydrogen-bond acceptors (Lipinski definition) is 4. The molecule has 1 aliphatic rings. The van der Waals surface area contributed by atoms with Crippen molar-refractivity contribution in [3.63, 3.8) is 0 Å². The van der Waals surface area contributed by atoms with Crippen molar-refractivity contribution in [2.45, 2.75) is 6.42 Å². The highest BCUT2D eigenvalue weighted by molar-refractivity contribution is 9.10. The summed E-state index contributed by atoms with van der Waals surface area (Å²) in [5.74, 6) is 0.0951. The number of aromatic nitrogens is 1. The predicted molar refractivity (Wildman–Crippen MR) is 114 cm³/mol. The van der Waals surface area contributed by atoms with Crippen LogP contribution in [0.5, 0.6) is 0 Å². The summed E-state index contributed by atoms with van der Waals surface area (Å²) in [6, 6.07) is 17.5. The lowest BCUT2D eigenvalue weighted by atomic mass is 10.1. The Hall–Kier alpha value is -2.50. The van der Waals surface area contributed by atoms with Crippen LogP contribution in [-0.4, -0.2) is 22.2 Å². The Morgan fingerprint density at radius 3 is 2.67 bits per heavy atom. The number of nitrogens with zero attached hydrogens (tertiary/aromatic N) is 2. The normalized spacial score (nSPS) is 13.5. The average Bonchev–Trinajstić information content (AvgIpc) is 3.19. The molecule has 2 aromatic carbocycles. The summed E-state index contributed by atoms with van der Waals surface area (Å²) in [6.07, 6.45) is 7.02. The highest BCUT2D eigenvalue weighted by Crippen LogP contribution is 2.30. The molecular formula is C22H17BrN2OS. The number of benzene rings is 2. The van der Waals surface area contributed by atoms with E-state index in [1.54, 1.807) is 11.3 Å². The van der Waals surface area contributed by atoms with E-state index in [2.05, 4.69) is 45.6 Å². The van der Waals surface area contributed by atoms with Crippen LogP contribution in [0.3, 0.4) is 0 Å². The Morgan fingerprint density at radius 1 is 1.11 bits per heavy atom. The molecule has 0 saturated carbocycles. The molecule has 0 N–H and O–H groups in total. The molecule has 0 amide bonds. The first-order chi connectivity index (χ1) is 13.2. The monoisotopic (exact) mass is 436 g/mol. The van der Waals surface area contributed by atoms with Gasteiger partial charge in [-0.25, -0.2) is 4.98 Å². The maximum absolute atomic E-state index is 12.6. The molecule has 2 heterocycles. The van der Waals surface area contributed by atoms with Gasteiger partial charge in [0.05, 0.1) is 17.9 Å². The average molecular weight is 437 g/mol. The molecule has 0 spiro atoms. The fraction of sp³-hybridized carbons (Fsp3) is 0.0909. The van der Waals surface area contributed by atoms with Crippen molar-refractivity contribution in [1.82, 2.24) is 9.88 Å². The smallest absolute Gasteiger partial charge is 0.182 e. The molecule has 1 aliphatic heterocycles. The van der Waals surface area contributed by atoms with Crippen molar-refractivity contribution in [3.05, 3.63) is 93.4 Å². The van der Waals surface area contributed by atoms with Crippen LogP contribution >= 0.6 is 27.3 Å². The summed E-state index contributed by atoms with van der Waals surface area (Å²) >= 11 is 5.07. The minimum atomic E-state index is 0.0951. The molecule has 0 radical (unpaired) electrons. The van der Waals surface area contributed by atoms with Gasteiger partial charge in [0.15, 0.2) is 5.78 Å². The lowest BCUT2D eigenvalue weighted by Crippen LogP contribution is -2.25. The number of ketones is 1. The fourth-order valence-corrected chi connectivity index (χ4v) is 4.08. The molecule has 0 fully saturated rings. The second-order valence-corrected chi connectivity index (χ2v) is 7.95. The van der Waals surface area contributed by atoms with Gasteiger partial charge in [0, 0.05) is 27.2 Å². The summed E-state index contributed by atoms with van der Waals surface area (Å²) in [7, 11) is 0. The molecule has 0 aliphatic carbocycles. The van der Waals surface area contributed by atoms with Gasteiger partial charge in [-0.3, -0.25) is 4.79 Å².